The number of aromatic amines is 1. The molecule has 20 heavy (non-hydrogen) atoms. The van der Waals surface area contributed by atoms with Crippen molar-refractivity contribution in [3.63, 3.8) is 0 Å². The number of rotatable bonds is 3. The first-order chi connectivity index (χ1) is 9.65. The van der Waals surface area contributed by atoms with Gasteiger partial charge in [0.1, 0.15) is 0 Å². The van der Waals surface area contributed by atoms with Crippen molar-refractivity contribution in [3.05, 3.63) is 11.9 Å². The van der Waals surface area contributed by atoms with Crippen LogP contribution in [0, 0.1) is 12.8 Å². The lowest BCUT2D eigenvalue weighted by molar-refractivity contribution is -0.183. The second kappa shape index (κ2) is 5.54. The Morgan fingerprint density at radius 2 is 2.15 bits per heavy atom. The first-order valence-corrected chi connectivity index (χ1v) is 7.25. The van der Waals surface area contributed by atoms with Crippen LogP contribution in [0.15, 0.2) is 6.20 Å². The van der Waals surface area contributed by atoms with Gasteiger partial charge in [-0.25, -0.2) is 4.98 Å². The number of hydrogen-bond donors (Lipinski definition) is 2. The van der Waals surface area contributed by atoms with Crippen LogP contribution in [0.4, 0.5) is 5.95 Å². The molecule has 1 spiro atoms. The summed E-state index contributed by atoms with van der Waals surface area (Å²) in [7, 11) is 0. The summed E-state index contributed by atoms with van der Waals surface area (Å²) < 4.78 is 11.4. The smallest absolute Gasteiger partial charge is 0.226 e. The highest BCUT2D eigenvalue weighted by atomic mass is 16.7. The van der Waals surface area contributed by atoms with E-state index in [0.717, 1.165) is 31.4 Å². The third kappa shape index (κ3) is 3.02. The number of imidazole rings is 1. The maximum atomic E-state index is 12.0. The van der Waals surface area contributed by atoms with Gasteiger partial charge < -0.3 is 14.5 Å². The minimum absolute atomic E-state index is 0.0218. The van der Waals surface area contributed by atoms with Crippen molar-refractivity contribution in [2.24, 2.45) is 5.92 Å². The van der Waals surface area contributed by atoms with Crippen LogP contribution in [0.2, 0.25) is 0 Å². The normalized spacial score (nSPS) is 22.2. The zero-order valence-electron chi connectivity index (χ0n) is 11.8. The van der Waals surface area contributed by atoms with Gasteiger partial charge in [-0.15, -0.1) is 0 Å². The molecule has 1 aromatic heterocycles. The highest BCUT2D eigenvalue weighted by Gasteiger charge is 2.40. The summed E-state index contributed by atoms with van der Waals surface area (Å²) in [5.74, 6) is 0.616. The minimum atomic E-state index is -0.342. The number of hydrogen-bond acceptors (Lipinski definition) is 4. The highest BCUT2D eigenvalue weighted by Crippen LogP contribution is 2.39. The molecule has 1 saturated heterocycles. The van der Waals surface area contributed by atoms with Crippen molar-refractivity contribution in [3.8, 4) is 0 Å². The van der Waals surface area contributed by atoms with Crippen LogP contribution in [-0.4, -0.2) is 34.9 Å². The van der Waals surface area contributed by atoms with Gasteiger partial charge >= 0.3 is 0 Å². The molecule has 1 aromatic rings. The fraction of sp³-hybridized carbons (Fsp3) is 0.714. The number of ether oxygens (including phenoxy) is 2. The average molecular weight is 279 g/mol. The van der Waals surface area contributed by atoms with Crippen molar-refractivity contribution in [2.75, 3.05) is 18.5 Å². The predicted octanol–water partition coefficient (Wildman–Crippen LogP) is 1.98. The molecule has 110 valence electrons. The largest absolute Gasteiger partial charge is 0.348 e. The number of carbonyl (C=O) groups excluding carboxylic acids is 1. The number of carbonyl (C=O) groups is 1. The van der Waals surface area contributed by atoms with E-state index >= 15 is 0 Å². The molecule has 2 fully saturated rings. The molecule has 2 aliphatic rings. The van der Waals surface area contributed by atoms with Gasteiger partial charge in [0.15, 0.2) is 5.79 Å². The predicted molar refractivity (Wildman–Crippen MR) is 73.2 cm³/mol. The summed E-state index contributed by atoms with van der Waals surface area (Å²) in [4.78, 5) is 19.0. The first kappa shape index (κ1) is 13.6. The Hall–Kier alpha value is -1.40. The van der Waals surface area contributed by atoms with E-state index in [1.54, 1.807) is 6.20 Å². The Morgan fingerprint density at radius 3 is 2.75 bits per heavy atom. The maximum Gasteiger partial charge on any atom is 0.226 e. The Kier molecular flexibility index (Phi) is 3.76. The van der Waals surface area contributed by atoms with Gasteiger partial charge in [-0.05, 0) is 25.7 Å². The van der Waals surface area contributed by atoms with Gasteiger partial charge in [0.2, 0.25) is 11.9 Å². The fourth-order valence-corrected chi connectivity index (χ4v) is 3.03. The molecule has 1 aliphatic carbocycles. The van der Waals surface area contributed by atoms with E-state index in [-0.39, 0.29) is 11.7 Å². The molecule has 0 radical (unpaired) electrons. The first-order valence-electron chi connectivity index (χ1n) is 7.25. The lowest BCUT2D eigenvalue weighted by Gasteiger charge is -2.35. The van der Waals surface area contributed by atoms with Crippen LogP contribution < -0.4 is 5.32 Å². The molecule has 0 bridgehead atoms. The molecule has 2 heterocycles. The Labute approximate surface area is 118 Å². The number of amides is 1. The highest BCUT2D eigenvalue weighted by molar-refractivity contribution is 5.89. The van der Waals surface area contributed by atoms with E-state index in [1.165, 1.54) is 0 Å². The molecule has 0 aromatic carbocycles. The van der Waals surface area contributed by atoms with Gasteiger partial charge in [-0.2, -0.15) is 0 Å². The fourth-order valence-electron chi connectivity index (χ4n) is 3.03. The van der Waals surface area contributed by atoms with Crippen molar-refractivity contribution < 1.29 is 14.3 Å². The van der Waals surface area contributed by atoms with Gasteiger partial charge in [0.25, 0.3) is 0 Å². The Balaban J connectivity index is 1.46. The molecule has 1 aliphatic heterocycles. The van der Waals surface area contributed by atoms with Crippen LogP contribution >= 0.6 is 0 Å². The summed E-state index contributed by atoms with van der Waals surface area (Å²) in [5.41, 5.74) is 0.940. The van der Waals surface area contributed by atoms with E-state index in [1.807, 2.05) is 6.92 Å². The summed E-state index contributed by atoms with van der Waals surface area (Å²) in [6, 6.07) is 0. The molecule has 0 atom stereocenters. The lowest BCUT2D eigenvalue weighted by Crippen LogP contribution is -2.36. The van der Waals surface area contributed by atoms with Gasteiger partial charge in [-0.1, -0.05) is 0 Å². The number of H-pyrrole nitrogens is 1. The molecular weight excluding hydrogens is 258 g/mol. The van der Waals surface area contributed by atoms with Crippen molar-refractivity contribution in [2.45, 2.75) is 44.8 Å². The van der Waals surface area contributed by atoms with Crippen molar-refractivity contribution in [1.82, 2.24) is 9.97 Å². The van der Waals surface area contributed by atoms with Gasteiger partial charge in [0, 0.05) is 31.2 Å². The zero-order valence-corrected chi connectivity index (χ0v) is 11.8. The summed E-state index contributed by atoms with van der Waals surface area (Å²) >= 11 is 0. The number of nitrogens with zero attached hydrogens (tertiary/aromatic N) is 1. The number of nitrogens with one attached hydrogen (secondary N) is 2. The quantitative estimate of drug-likeness (QED) is 0.887. The van der Waals surface area contributed by atoms with Crippen LogP contribution in [0.1, 0.15) is 37.8 Å². The molecular formula is C14H21N3O3. The van der Waals surface area contributed by atoms with E-state index in [2.05, 4.69) is 15.3 Å². The molecule has 1 saturated carbocycles. The van der Waals surface area contributed by atoms with E-state index in [0.29, 0.717) is 31.5 Å². The van der Waals surface area contributed by atoms with E-state index < -0.39 is 0 Å². The Morgan fingerprint density at radius 1 is 1.45 bits per heavy atom. The number of aromatic nitrogens is 2. The SMILES string of the molecule is Cc1cnc(NC(=O)CC2CCC3(CC2)OCCO3)[nH]1. The molecule has 0 unspecified atom stereocenters. The number of aryl methyl sites for hydroxylation is 1. The monoisotopic (exact) mass is 279 g/mol. The third-order valence-electron chi connectivity index (χ3n) is 4.12. The second-order valence-electron chi connectivity index (χ2n) is 5.72. The number of anilines is 1. The van der Waals surface area contributed by atoms with Crippen LogP contribution in [0.3, 0.4) is 0 Å². The standard InChI is InChI=1S/C14H21N3O3/c1-10-9-15-13(16-10)17-12(18)8-11-2-4-14(5-3-11)19-6-7-20-14/h9,11H,2-8H2,1H3,(H2,15,16,17,18). The lowest BCUT2D eigenvalue weighted by atomic mass is 9.83. The summed E-state index contributed by atoms with van der Waals surface area (Å²) in [6.07, 6.45) is 5.98. The maximum absolute atomic E-state index is 12.0. The van der Waals surface area contributed by atoms with Gasteiger partial charge in [-0.3, -0.25) is 10.1 Å². The summed E-state index contributed by atoms with van der Waals surface area (Å²) in [6.45, 7) is 3.30. The van der Waals surface area contributed by atoms with Crippen molar-refractivity contribution >= 4 is 11.9 Å². The molecule has 6 heteroatoms. The van der Waals surface area contributed by atoms with Crippen LogP contribution in [-0.2, 0) is 14.3 Å². The summed E-state index contributed by atoms with van der Waals surface area (Å²) in [5, 5.41) is 2.80. The van der Waals surface area contributed by atoms with E-state index in [4.69, 9.17) is 9.47 Å². The zero-order chi connectivity index (χ0) is 14.0. The Bertz CT molecular complexity index is 470. The molecule has 6 nitrogen and oxygen atoms in total. The van der Waals surface area contributed by atoms with Crippen LogP contribution in [0.25, 0.3) is 0 Å². The second-order valence-corrected chi connectivity index (χ2v) is 5.72. The molecule has 1 amide bonds. The van der Waals surface area contributed by atoms with Crippen LogP contribution in [0.5, 0.6) is 0 Å². The minimum Gasteiger partial charge on any atom is -0.348 e. The van der Waals surface area contributed by atoms with Crippen molar-refractivity contribution in [1.29, 1.82) is 0 Å². The average Bonchev–Trinajstić information content (AvgIpc) is 3.03. The third-order valence-corrected chi connectivity index (χ3v) is 4.12. The van der Waals surface area contributed by atoms with E-state index in [9.17, 15) is 4.79 Å². The molecule has 2 N–H and O–H groups in total. The topological polar surface area (TPSA) is 76.2 Å². The molecule has 3 rings (SSSR count). The van der Waals surface area contributed by atoms with Gasteiger partial charge in [0.05, 0.1) is 13.2 Å².